The molecule has 1 amide bonds. The fourth-order valence-electron chi connectivity index (χ4n) is 2.20. The van der Waals surface area contributed by atoms with E-state index in [1.807, 2.05) is 6.92 Å². The Hall–Kier alpha value is -0.920. The summed E-state index contributed by atoms with van der Waals surface area (Å²) in [5, 5.41) is 3.19. The SMILES string of the molecule is C[C@H]1CNCCN1C(=O)CSc1cccc(C(F)(F)F)c1.Cl. The normalized spacial score (nSPS) is 18.7. The standard InChI is InChI=1S/C14H17F3N2OS.ClH/c1-10-8-18-5-6-19(10)13(20)9-21-12-4-2-3-11(7-12)14(15,16)17;/h2-4,7,10,18H,5-6,8-9H2,1H3;1H/t10-;/m0./s1. The van der Waals surface area contributed by atoms with Crippen molar-refractivity contribution < 1.29 is 18.0 Å². The largest absolute Gasteiger partial charge is 0.416 e. The summed E-state index contributed by atoms with van der Waals surface area (Å²) in [6, 6.07) is 5.19. The molecule has 8 heteroatoms. The van der Waals surface area contributed by atoms with Gasteiger partial charge in [0.15, 0.2) is 0 Å². The zero-order chi connectivity index (χ0) is 15.5. The molecule has 1 saturated heterocycles. The molecule has 1 aromatic carbocycles. The molecule has 0 bridgehead atoms. The predicted molar refractivity (Wildman–Crippen MR) is 83.5 cm³/mol. The zero-order valence-corrected chi connectivity index (χ0v) is 13.7. The van der Waals surface area contributed by atoms with Crippen molar-refractivity contribution in [1.82, 2.24) is 10.2 Å². The summed E-state index contributed by atoms with van der Waals surface area (Å²) in [5.74, 6) is 0.123. The van der Waals surface area contributed by atoms with E-state index in [2.05, 4.69) is 5.32 Å². The van der Waals surface area contributed by atoms with Crippen molar-refractivity contribution in [1.29, 1.82) is 0 Å². The van der Waals surface area contributed by atoms with Crippen molar-refractivity contribution in [3.63, 3.8) is 0 Å². The quantitative estimate of drug-likeness (QED) is 0.847. The van der Waals surface area contributed by atoms with Gasteiger partial charge in [-0.25, -0.2) is 0 Å². The third-order valence-electron chi connectivity index (χ3n) is 3.35. The molecule has 124 valence electrons. The van der Waals surface area contributed by atoms with Crippen molar-refractivity contribution in [2.75, 3.05) is 25.4 Å². The lowest BCUT2D eigenvalue weighted by molar-refractivity contribution is -0.137. The van der Waals surface area contributed by atoms with E-state index in [4.69, 9.17) is 0 Å². The lowest BCUT2D eigenvalue weighted by Gasteiger charge is -2.34. The summed E-state index contributed by atoms with van der Waals surface area (Å²) < 4.78 is 37.9. The van der Waals surface area contributed by atoms with Gasteiger partial charge >= 0.3 is 6.18 Å². The molecular formula is C14H18ClF3N2OS. The van der Waals surface area contributed by atoms with Crippen LogP contribution in [0.25, 0.3) is 0 Å². The lowest BCUT2D eigenvalue weighted by atomic mass is 10.2. The van der Waals surface area contributed by atoms with E-state index < -0.39 is 11.7 Å². The van der Waals surface area contributed by atoms with E-state index in [1.165, 1.54) is 6.07 Å². The molecule has 0 unspecified atom stereocenters. The molecule has 0 spiro atoms. The van der Waals surface area contributed by atoms with Gasteiger partial charge in [-0.1, -0.05) is 6.07 Å². The van der Waals surface area contributed by atoms with Crippen LogP contribution >= 0.6 is 24.2 Å². The first-order chi connectivity index (χ1) is 9.88. The van der Waals surface area contributed by atoms with Crippen LogP contribution in [0.2, 0.25) is 0 Å². The van der Waals surface area contributed by atoms with Crippen LogP contribution in [0, 0.1) is 0 Å². The van der Waals surface area contributed by atoms with Crippen LogP contribution in [0.15, 0.2) is 29.2 Å². The first-order valence-corrected chi connectivity index (χ1v) is 7.67. The number of hydrogen-bond donors (Lipinski definition) is 1. The molecule has 0 aliphatic carbocycles. The summed E-state index contributed by atoms with van der Waals surface area (Å²) in [6.07, 6.45) is -4.35. The number of halogens is 4. The van der Waals surface area contributed by atoms with Gasteiger partial charge in [-0.3, -0.25) is 4.79 Å². The minimum absolute atomic E-state index is 0. The number of hydrogen-bond acceptors (Lipinski definition) is 3. The van der Waals surface area contributed by atoms with Gasteiger partial charge in [0.25, 0.3) is 0 Å². The molecule has 1 aliphatic rings. The van der Waals surface area contributed by atoms with Gasteiger partial charge < -0.3 is 10.2 Å². The zero-order valence-electron chi connectivity index (χ0n) is 12.0. The maximum absolute atomic E-state index is 12.6. The summed E-state index contributed by atoms with van der Waals surface area (Å²) in [4.78, 5) is 14.4. The molecule has 1 aromatic rings. The van der Waals surface area contributed by atoms with Crippen LogP contribution in [0.4, 0.5) is 13.2 Å². The van der Waals surface area contributed by atoms with Crippen molar-refractivity contribution in [2.24, 2.45) is 0 Å². The predicted octanol–water partition coefficient (Wildman–Crippen LogP) is 3.04. The molecule has 0 radical (unpaired) electrons. The summed E-state index contributed by atoms with van der Waals surface area (Å²) in [7, 11) is 0. The third-order valence-corrected chi connectivity index (χ3v) is 4.32. The van der Waals surface area contributed by atoms with E-state index in [9.17, 15) is 18.0 Å². The van der Waals surface area contributed by atoms with Gasteiger partial charge in [-0.05, 0) is 25.1 Å². The Morgan fingerprint density at radius 2 is 2.18 bits per heavy atom. The van der Waals surface area contributed by atoms with E-state index in [1.54, 1.807) is 11.0 Å². The number of amides is 1. The Balaban J connectivity index is 0.00000242. The van der Waals surface area contributed by atoms with E-state index in [0.29, 0.717) is 11.4 Å². The molecule has 1 N–H and O–H groups in total. The third kappa shape index (κ3) is 5.07. The average Bonchev–Trinajstić information content (AvgIpc) is 2.45. The lowest BCUT2D eigenvalue weighted by Crippen LogP contribution is -2.52. The molecule has 1 fully saturated rings. The maximum Gasteiger partial charge on any atom is 0.416 e. The van der Waals surface area contributed by atoms with Gasteiger partial charge in [-0.2, -0.15) is 13.2 Å². The Labute approximate surface area is 138 Å². The number of carbonyl (C=O) groups excluding carboxylic acids is 1. The number of piperazine rings is 1. The minimum atomic E-state index is -4.35. The topological polar surface area (TPSA) is 32.3 Å². The van der Waals surface area contributed by atoms with Crippen LogP contribution in [0.5, 0.6) is 0 Å². The minimum Gasteiger partial charge on any atom is -0.337 e. The molecule has 0 aromatic heterocycles. The Morgan fingerprint density at radius 1 is 1.45 bits per heavy atom. The van der Waals surface area contributed by atoms with Crippen LogP contribution in [0.1, 0.15) is 12.5 Å². The number of benzene rings is 1. The second-order valence-electron chi connectivity index (χ2n) is 4.95. The summed E-state index contributed by atoms with van der Waals surface area (Å²) >= 11 is 1.14. The number of nitrogens with zero attached hydrogens (tertiary/aromatic N) is 1. The van der Waals surface area contributed by atoms with Gasteiger partial charge in [0.1, 0.15) is 0 Å². The van der Waals surface area contributed by atoms with Crippen LogP contribution < -0.4 is 5.32 Å². The van der Waals surface area contributed by atoms with Crippen LogP contribution in [-0.2, 0) is 11.0 Å². The number of thioether (sulfide) groups is 1. The molecule has 1 aliphatic heterocycles. The Bertz CT molecular complexity index is 513. The summed E-state index contributed by atoms with van der Waals surface area (Å²) in [6.45, 7) is 4.10. The van der Waals surface area contributed by atoms with Gasteiger partial charge in [0.05, 0.1) is 11.3 Å². The fourth-order valence-corrected chi connectivity index (χ4v) is 3.04. The second kappa shape index (κ2) is 8.08. The number of alkyl halides is 3. The van der Waals surface area contributed by atoms with Gasteiger partial charge in [0, 0.05) is 30.6 Å². The molecular weight excluding hydrogens is 337 g/mol. The molecule has 1 heterocycles. The van der Waals surface area contributed by atoms with Crippen molar-refractivity contribution >= 4 is 30.1 Å². The highest BCUT2D eigenvalue weighted by atomic mass is 35.5. The van der Waals surface area contributed by atoms with Crippen LogP contribution in [-0.4, -0.2) is 42.2 Å². The number of carbonyl (C=O) groups is 1. The molecule has 1 atom stereocenters. The molecule has 0 saturated carbocycles. The smallest absolute Gasteiger partial charge is 0.337 e. The first-order valence-electron chi connectivity index (χ1n) is 6.68. The van der Waals surface area contributed by atoms with Crippen molar-refractivity contribution in [3.05, 3.63) is 29.8 Å². The van der Waals surface area contributed by atoms with E-state index in [-0.39, 0.29) is 30.1 Å². The Kier molecular flexibility index (Phi) is 7.02. The number of rotatable bonds is 3. The number of nitrogens with one attached hydrogen (secondary N) is 1. The highest BCUT2D eigenvalue weighted by molar-refractivity contribution is 8.00. The highest BCUT2D eigenvalue weighted by Crippen LogP contribution is 2.31. The molecule has 22 heavy (non-hydrogen) atoms. The van der Waals surface area contributed by atoms with E-state index >= 15 is 0 Å². The van der Waals surface area contributed by atoms with Gasteiger partial charge in [0.2, 0.25) is 5.91 Å². The monoisotopic (exact) mass is 354 g/mol. The molecule has 2 rings (SSSR count). The molecule has 3 nitrogen and oxygen atoms in total. The van der Waals surface area contributed by atoms with Gasteiger partial charge in [-0.15, -0.1) is 24.2 Å². The van der Waals surface area contributed by atoms with Crippen molar-refractivity contribution in [2.45, 2.75) is 24.0 Å². The Morgan fingerprint density at radius 3 is 2.82 bits per heavy atom. The van der Waals surface area contributed by atoms with Crippen LogP contribution in [0.3, 0.4) is 0 Å². The van der Waals surface area contributed by atoms with Crippen molar-refractivity contribution in [3.8, 4) is 0 Å². The van der Waals surface area contributed by atoms with E-state index in [0.717, 1.165) is 37.0 Å². The first kappa shape index (κ1) is 19.1. The summed E-state index contributed by atoms with van der Waals surface area (Å²) in [5.41, 5.74) is -0.685. The maximum atomic E-state index is 12.6. The highest BCUT2D eigenvalue weighted by Gasteiger charge is 2.30. The fraction of sp³-hybridized carbons (Fsp3) is 0.500. The average molecular weight is 355 g/mol. The second-order valence-corrected chi connectivity index (χ2v) is 6.00.